The summed E-state index contributed by atoms with van der Waals surface area (Å²) in [6.07, 6.45) is 3.46. The Balaban J connectivity index is 1.82. The van der Waals surface area contributed by atoms with Crippen molar-refractivity contribution in [3.8, 4) is 5.75 Å². The third-order valence-corrected chi connectivity index (χ3v) is 4.51. The van der Waals surface area contributed by atoms with E-state index >= 15 is 0 Å². The fraction of sp³-hybridized carbons (Fsp3) is 0.529. The molecule has 0 bridgehead atoms. The van der Waals surface area contributed by atoms with Gasteiger partial charge in [0.2, 0.25) is 11.8 Å². The number of hydrogen-bond acceptors (Lipinski definition) is 3. The summed E-state index contributed by atoms with van der Waals surface area (Å²) in [5, 5.41) is 2.95. The van der Waals surface area contributed by atoms with Gasteiger partial charge in [0.05, 0.1) is 12.8 Å². The number of piperidine rings is 1. The number of nitrogens with one attached hydrogen (secondary N) is 1. The lowest BCUT2D eigenvalue weighted by molar-refractivity contribution is -0.119. The molecule has 2 fully saturated rings. The SMILES string of the molecule is COc1ccc(NC(=O)[C@@H]2C[C@H]2C)cc1N1CCCCC1=O. The molecule has 1 aromatic carbocycles. The Morgan fingerprint density at radius 3 is 2.77 bits per heavy atom. The number of nitrogens with zero attached hydrogens (tertiary/aromatic N) is 1. The topological polar surface area (TPSA) is 58.6 Å². The molecule has 0 unspecified atom stereocenters. The molecule has 2 aliphatic rings. The quantitative estimate of drug-likeness (QED) is 0.930. The molecule has 0 aromatic heterocycles. The molecule has 5 heteroatoms. The summed E-state index contributed by atoms with van der Waals surface area (Å²) in [5.74, 6) is 1.44. The van der Waals surface area contributed by atoms with Gasteiger partial charge in [-0.1, -0.05) is 6.92 Å². The van der Waals surface area contributed by atoms with Crippen molar-refractivity contribution in [2.45, 2.75) is 32.6 Å². The summed E-state index contributed by atoms with van der Waals surface area (Å²) in [7, 11) is 1.59. The highest BCUT2D eigenvalue weighted by Gasteiger charge is 2.39. The summed E-state index contributed by atoms with van der Waals surface area (Å²) in [5.41, 5.74) is 1.46. The Morgan fingerprint density at radius 2 is 2.14 bits per heavy atom. The average molecular weight is 302 g/mol. The van der Waals surface area contributed by atoms with Crippen LogP contribution in [0.25, 0.3) is 0 Å². The molecule has 2 atom stereocenters. The Bertz CT molecular complexity index is 600. The minimum absolute atomic E-state index is 0.0635. The van der Waals surface area contributed by atoms with Crippen molar-refractivity contribution in [2.75, 3.05) is 23.9 Å². The number of amides is 2. The van der Waals surface area contributed by atoms with Crippen LogP contribution in [0.2, 0.25) is 0 Å². The minimum Gasteiger partial charge on any atom is -0.495 e. The fourth-order valence-electron chi connectivity index (χ4n) is 2.96. The van der Waals surface area contributed by atoms with Gasteiger partial charge in [0.1, 0.15) is 5.75 Å². The standard InChI is InChI=1S/C17H22N2O3/c1-11-9-13(11)17(21)18-12-6-7-15(22-2)14(10-12)19-8-4-3-5-16(19)20/h6-7,10-11,13H,3-5,8-9H2,1-2H3,(H,18,21)/t11-,13-/m1/s1. The van der Waals surface area contributed by atoms with E-state index in [2.05, 4.69) is 12.2 Å². The van der Waals surface area contributed by atoms with Gasteiger partial charge in [-0.3, -0.25) is 9.59 Å². The van der Waals surface area contributed by atoms with Crippen LogP contribution in [0.4, 0.5) is 11.4 Å². The first kappa shape index (κ1) is 14.9. The zero-order valence-corrected chi connectivity index (χ0v) is 13.1. The first-order valence-electron chi connectivity index (χ1n) is 7.89. The first-order valence-corrected chi connectivity index (χ1v) is 7.89. The van der Waals surface area contributed by atoms with Crippen molar-refractivity contribution in [1.29, 1.82) is 0 Å². The number of carbonyl (C=O) groups is 2. The highest BCUT2D eigenvalue weighted by Crippen LogP contribution is 2.39. The van der Waals surface area contributed by atoms with Crippen LogP contribution in [0, 0.1) is 11.8 Å². The fourth-order valence-corrected chi connectivity index (χ4v) is 2.96. The number of methoxy groups -OCH3 is 1. The molecule has 1 saturated carbocycles. The molecule has 1 aliphatic carbocycles. The van der Waals surface area contributed by atoms with E-state index in [9.17, 15) is 9.59 Å². The van der Waals surface area contributed by atoms with Crippen LogP contribution < -0.4 is 15.0 Å². The largest absolute Gasteiger partial charge is 0.495 e. The molecule has 1 aromatic rings. The minimum atomic E-state index is 0.0635. The molecular weight excluding hydrogens is 280 g/mol. The second-order valence-corrected chi connectivity index (χ2v) is 6.20. The Morgan fingerprint density at radius 1 is 1.36 bits per heavy atom. The van der Waals surface area contributed by atoms with Gasteiger partial charge >= 0.3 is 0 Å². The molecule has 1 heterocycles. The summed E-state index contributed by atoms with van der Waals surface area (Å²) in [6, 6.07) is 5.47. The smallest absolute Gasteiger partial charge is 0.227 e. The second kappa shape index (κ2) is 5.99. The van der Waals surface area contributed by atoms with Gasteiger partial charge in [0, 0.05) is 24.6 Å². The zero-order valence-electron chi connectivity index (χ0n) is 13.1. The van der Waals surface area contributed by atoms with Crippen LogP contribution in [0.1, 0.15) is 32.6 Å². The first-order chi connectivity index (χ1) is 10.6. The third-order valence-electron chi connectivity index (χ3n) is 4.51. The van der Waals surface area contributed by atoms with Crippen molar-refractivity contribution in [3.63, 3.8) is 0 Å². The van der Waals surface area contributed by atoms with E-state index in [1.54, 1.807) is 12.0 Å². The predicted molar refractivity (Wildman–Crippen MR) is 85.1 cm³/mol. The third kappa shape index (κ3) is 2.93. The van der Waals surface area contributed by atoms with Gasteiger partial charge in [0.25, 0.3) is 0 Å². The summed E-state index contributed by atoms with van der Waals surface area (Å²) < 4.78 is 5.38. The number of rotatable bonds is 4. The highest BCUT2D eigenvalue weighted by atomic mass is 16.5. The molecule has 0 spiro atoms. The van der Waals surface area contributed by atoms with E-state index in [0.29, 0.717) is 24.6 Å². The maximum atomic E-state index is 12.1. The monoisotopic (exact) mass is 302 g/mol. The molecule has 1 aliphatic heterocycles. The van der Waals surface area contributed by atoms with E-state index in [-0.39, 0.29) is 17.7 Å². The lowest BCUT2D eigenvalue weighted by atomic mass is 10.1. The van der Waals surface area contributed by atoms with Crippen molar-refractivity contribution >= 4 is 23.2 Å². The van der Waals surface area contributed by atoms with E-state index in [0.717, 1.165) is 30.6 Å². The van der Waals surface area contributed by atoms with Gasteiger partial charge < -0.3 is 15.0 Å². The normalized spacial score (nSPS) is 24.1. The maximum absolute atomic E-state index is 12.1. The molecule has 5 nitrogen and oxygen atoms in total. The van der Waals surface area contributed by atoms with Crippen molar-refractivity contribution < 1.29 is 14.3 Å². The van der Waals surface area contributed by atoms with E-state index in [4.69, 9.17) is 4.74 Å². The maximum Gasteiger partial charge on any atom is 0.227 e. The predicted octanol–water partition coefficient (Wildman–Crippen LogP) is 2.81. The molecule has 3 rings (SSSR count). The van der Waals surface area contributed by atoms with Gasteiger partial charge in [-0.2, -0.15) is 0 Å². The van der Waals surface area contributed by atoms with E-state index < -0.39 is 0 Å². The molecule has 118 valence electrons. The number of ether oxygens (including phenoxy) is 1. The Kier molecular flexibility index (Phi) is 4.05. The van der Waals surface area contributed by atoms with Crippen LogP contribution in [0.15, 0.2) is 18.2 Å². The van der Waals surface area contributed by atoms with Gasteiger partial charge in [-0.15, -0.1) is 0 Å². The lowest BCUT2D eigenvalue weighted by Crippen LogP contribution is -2.35. The van der Waals surface area contributed by atoms with Crippen LogP contribution >= 0.6 is 0 Å². The molecular formula is C17H22N2O3. The molecule has 1 saturated heterocycles. The van der Waals surface area contributed by atoms with Gasteiger partial charge in [0.15, 0.2) is 0 Å². The summed E-state index contributed by atoms with van der Waals surface area (Å²) >= 11 is 0. The summed E-state index contributed by atoms with van der Waals surface area (Å²) in [4.78, 5) is 26.0. The Labute approximate surface area is 130 Å². The number of anilines is 2. The number of carbonyl (C=O) groups excluding carboxylic acids is 2. The molecule has 0 radical (unpaired) electrons. The van der Waals surface area contributed by atoms with Gasteiger partial charge in [-0.25, -0.2) is 0 Å². The zero-order chi connectivity index (χ0) is 15.7. The average Bonchev–Trinajstić information content (AvgIpc) is 3.25. The van der Waals surface area contributed by atoms with Crippen LogP contribution in [0.5, 0.6) is 5.75 Å². The van der Waals surface area contributed by atoms with Crippen LogP contribution in [-0.4, -0.2) is 25.5 Å². The van der Waals surface area contributed by atoms with E-state index in [1.807, 2.05) is 18.2 Å². The number of benzene rings is 1. The lowest BCUT2D eigenvalue weighted by Gasteiger charge is -2.28. The number of hydrogen-bond donors (Lipinski definition) is 1. The second-order valence-electron chi connectivity index (χ2n) is 6.20. The van der Waals surface area contributed by atoms with Crippen molar-refractivity contribution in [2.24, 2.45) is 11.8 Å². The van der Waals surface area contributed by atoms with Crippen LogP contribution in [0.3, 0.4) is 0 Å². The molecule has 2 amide bonds. The molecule has 22 heavy (non-hydrogen) atoms. The highest BCUT2D eigenvalue weighted by molar-refractivity contribution is 5.98. The van der Waals surface area contributed by atoms with Crippen molar-refractivity contribution in [3.05, 3.63) is 18.2 Å². The van der Waals surface area contributed by atoms with Crippen LogP contribution in [-0.2, 0) is 9.59 Å². The van der Waals surface area contributed by atoms with Crippen molar-refractivity contribution in [1.82, 2.24) is 0 Å². The van der Waals surface area contributed by atoms with Gasteiger partial charge in [-0.05, 0) is 43.4 Å². The molecule has 1 N–H and O–H groups in total. The van der Waals surface area contributed by atoms with E-state index in [1.165, 1.54) is 0 Å². The Hall–Kier alpha value is -2.04. The summed E-state index contributed by atoms with van der Waals surface area (Å²) in [6.45, 7) is 2.78.